The maximum Gasteiger partial charge on any atom is 0.225 e. The smallest absolute Gasteiger partial charge is 0.225 e. The zero-order chi connectivity index (χ0) is 17.1. The predicted molar refractivity (Wildman–Crippen MR) is 95.0 cm³/mol. The summed E-state index contributed by atoms with van der Waals surface area (Å²) in [6.07, 6.45) is 5.07. The van der Waals surface area contributed by atoms with E-state index in [9.17, 15) is 4.79 Å². The number of fused-ring (bicyclic) bond motifs is 1. The number of hydrogen-bond donors (Lipinski definition) is 1. The van der Waals surface area contributed by atoms with Gasteiger partial charge in [-0.05, 0) is 37.1 Å². The van der Waals surface area contributed by atoms with Gasteiger partial charge in [-0.2, -0.15) is 0 Å². The van der Waals surface area contributed by atoms with E-state index in [2.05, 4.69) is 20.2 Å². The van der Waals surface area contributed by atoms with Gasteiger partial charge in [0.1, 0.15) is 17.9 Å². The summed E-state index contributed by atoms with van der Waals surface area (Å²) in [5.41, 5.74) is 0.928. The highest BCUT2D eigenvalue weighted by atomic mass is 16.3. The van der Waals surface area contributed by atoms with Gasteiger partial charge in [-0.25, -0.2) is 9.97 Å². The fourth-order valence-electron chi connectivity index (χ4n) is 3.36. The van der Waals surface area contributed by atoms with Crippen LogP contribution in [0.15, 0.2) is 53.4 Å². The Bertz CT molecular complexity index is 858. The summed E-state index contributed by atoms with van der Waals surface area (Å²) in [6.45, 7) is 2.01. The van der Waals surface area contributed by atoms with Crippen molar-refractivity contribution in [2.75, 3.05) is 18.0 Å². The molecule has 0 bridgehead atoms. The minimum Gasteiger partial charge on any atom is -0.467 e. The summed E-state index contributed by atoms with van der Waals surface area (Å²) in [5, 5.41) is 4.00. The van der Waals surface area contributed by atoms with Gasteiger partial charge in [0.2, 0.25) is 5.91 Å². The third-order valence-electron chi connectivity index (χ3n) is 4.63. The minimum absolute atomic E-state index is 0.0440. The number of nitrogens with zero attached hydrogens (tertiary/aromatic N) is 3. The summed E-state index contributed by atoms with van der Waals surface area (Å²) in [5.74, 6) is 1.70. The first-order valence-electron chi connectivity index (χ1n) is 8.56. The molecule has 3 aromatic rings. The molecule has 1 N–H and O–H groups in total. The lowest BCUT2D eigenvalue weighted by Gasteiger charge is -2.33. The molecule has 4 rings (SSSR count). The van der Waals surface area contributed by atoms with Crippen molar-refractivity contribution >= 4 is 22.6 Å². The van der Waals surface area contributed by atoms with E-state index >= 15 is 0 Å². The molecule has 1 fully saturated rings. The van der Waals surface area contributed by atoms with Crippen LogP contribution >= 0.6 is 0 Å². The molecule has 1 atom stereocenters. The number of nitrogens with one attached hydrogen (secondary N) is 1. The normalized spacial score (nSPS) is 17.6. The molecule has 6 heteroatoms. The average molecular weight is 336 g/mol. The standard InChI is InChI=1S/C19H20N4O2/c24-19(20-11-15-6-4-10-25-15)14-5-3-9-23(12-14)18-16-7-1-2-8-17(16)21-13-22-18/h1-2,4,6-8,10,13-14H,3,5,9,11-12H2,(H,20,24). The molecule has 1 aliphatic heterocycles. The number of carbonyl (C=O) groups excluding carboxylic acids is 1. The highest BCUT2D eigenvalue weighted by Gasteiger charge is 2.27. The number of anilines is 1. The second kappa shape index (κ2) is 6.93. The molecule has 25 heavy (non-hydrogen) atoms. The molecule has 1 aromatic carbocycles. The van der Waals surface area contributed by atoms with Crippen molar-refractivity contribution < 1.29 is 9.21 Å². The number of rotatable bonds is 4. The van der Waals surface area contributed by atoms with Crippen molar-refractivity contribution in [2.24, 2.45) is 5.92 Å². The summed E-state index contributed by atoms with van der Waals surface area (Å²) in [7, 11) is 0. The van der Waals surface area contributed by atoms with Crippen LogP contribution in [0.4, 0.5) is 5.82 Å². The van der Waals surface area contributed by atoms with Gasteiger partial charge in [-0.15, -0.1) is 0 Å². The Morgan fingerprint density at radius 3 is 3.04 bits per heavy atom. The molecule has 1 saturated heterocycles. The van der Waals surface area contributed by atoms with Gasteiger partial charge in [0.15, 0.2) is 0 Å². The Morgan fingerprint density at radius 2 is 2.16 bits per heavy atom. The monoisotopic (exact) mass is 336 g/mol. The minimum atomic E-state index is -0.0440. The first-order valence-corrected chi connectivity index (χ1v) is 8.56. The first kappa shape index (κ1) is 15.6. The van der Waals surface area contributed by atoms with Gasteiger partial charge in [-0.3, -0.25) is 4.79 Å². The van der Waals surface area contributed by atoms with E-state index in [0.717, 1.165) is 41.9 Å². The molecule has 1 aliphatic rings. The van der Waals surface area contributed by atoms with Crippen LogP contribution in [0.25, 0.3) is 10.9 Å². The number of furan rings is 1. The fourth-order valence-corrected chi connectivity index (χ4v) is 3.36. The quantitative estimate of drug-likeness (QED) is 0.793. The molecule has 6 nitrogen and oxygen atoms in total. The van der Waals surface area contributed by atoms with E-state index in [1.165, 1.54) is 0 Å². The van der Waals surface area contributed by atoms with Crippen molar-refractivity contribution in [1.29, 1.82) is 0 Å². The third-order valence-corrected chi connectivity index (χ3v) is 4.63. The van der Waals surface area contributed by atoms with Gasteiger partial charge in [0.05, 0.1) is 24.2 Å². The number of carbonyl (C=O) groups is 1. The highest BCUT2D eigenvalue weighted by molar-refractivity contribution is 5.89. The summed E-state index contributed by atoms with van der Waals surface area (Å²) in [6, 6.07) is 11.7. The predicted octanol–water partition coefficient (Wildman–Crippen LogP) is 2.76. The van der Waals surface area contributed by atoms with Crippen molar-refractivity contribution in [3.63, 3.8) is 0 Å². The Balaban J connectivity index is 1.47. The highest BCUT2D eigenvalue weighted by Crippen LogP contribution is 2.27. The van der Waals surface area contributed by atoms with Crippen LogP contribution in [0.3, 0.4) is 0 Å². The van der Waals surface area contributed by atoms with Crippen molar-refractivity contribution in [3.8, 4) is 0 Å². The maximum atomic E-state index is 12.5. The second-order valence-electron chi connectivity index (χ2n) is 6.30. The lowest BCUT2D eigenvalue weighted by molar-refractivity contribution is -0.125. The number of para-hydroxylation sites is 1. The topological polar surface area (TPSA) is 71.3 Å². The van der Waals surface area contributed by atoms with Crippen LogP contribution in [0.5, 0.6) is 0 Å². The summed E-state index contributed by atoms with van der Waals surface area (Å²) < 4.78 is 5.27. The summed E-state index contributed by atoms with van der Waals surface area (Å²) in [4.78, 5) is 23.5. The first-order chi connectivity index (χ1) is 12.3. The largest absolute Gasteiger partial charge is 0.467 e. The van der Waals surface area contributed by atoms with Gasteiger partial charge in [0, 0.05) is 18.5 Å². The van der Waals surface area contributed by atoms with Gasteiger partial charge in [-0.1, -0.05) is 12.1 Å². The van der Waals surface area contributed by atoms with Crippen LogP contribution in [0.1, 0.15) is 18.6 Å². The Labute approximate surface area is 145 Å². The number of aromatic nitrogens is 2. The molecular formula is C19H20N4O2. The maximum absolute atomic E-state index is 12.5. The van der Waals surface area contributed by atoms with Crippen LogP contribution in [-0.4, -0.2) is 29.0 Å². The average Bonchev–Trinajstić information content (AvgIpc) is 3.19. The Morgan fingerprint density at radius 1 is 1.24 bits per heavy atom. The van der Waals surface area contributed by atoms with E-state index < -0.39 is 0 Å². The van der Waals surface area contributed by atoms with Crippen LogP contribution < -0.4 is 10.2 Å². The zero-order valence-corrected chi connectivity index (χ0v) is 13.9. The Kier molecular flexibility index (Phi) is 4.33. The third kappa shape index (κ3) is 3.33. The van der Waals surface area contributed by atoms with Gasteiger partial charge in [0.25, 0.3) is 0 Å². The molecule has 1 unspecified atom stereocenters. The van der Waals surface area contributed by atoms with E-state index in [1.807, 2.05) is 36.4 Å². The van der Waals surface area contributed by atoms with Crippen LogP contribution in [0.2, 0.25) is 0 Å². The van der Waals surface area contributed by atoms with Gasteiger partial charge < -0.3 is 14.6 Å². The molecule has 2 aromatic heterocycles. The molecule has 0 spiro atoms. The number of benzene rings is 1. The second-order valence-corrected chi connectivity index (χ2v) is 6.30. The molecule has 0 radical (unpaired) electrons. The van der Waals surface area contributed by atoms with Crippen molar-refractivity contribution in [3.05, 3.63) is 54.7 Å². The molecule has 3 heterocycles. The fraction of sp³-hybridized carbons (Fsp3) is 0.316. The van der Waals surface area contributed by atoms with E-state index in [0.29, 0.717) is 13.1 Å². The van der Waals surface area contributed by atoms with E-state index in [-0.39, 0.29) is 11.8 Å². The summed E-state index contributed by atoms with van der Waals surface area (Å²) >= 11 is 0. The molecule has 0 aliphatic carbocycles. The zero-order valence-electron chi connectivity index (χ0n) is 13.9. The Hall–Kier alpha value is -2.89. The van der Waals surface area contributed by atoms with Crippen molar-refractivity contribution in [2.45, 2.75) is 19.4 Å². The molecule has 1 amide bonds. The van der Waals surface area contributed by atoms with Crippen LogP contribution in [-0.2, 0) is 11.3 Å². The number of amides is 1. The lowest BCUT2D eigenvalue weighted by atomic mass is 9.97. The molecule has 0 saturated carbocycles. The molecular weight excluding hydrogens is 316 g/mol. The number of piperidine rings is 1. The lowest BCUT2D eigenvalue weighted by Crippen LogP contribution is -2.43. The van der Waals surface area contributed by atoms with Crippen molar-refractivity contribution in [1.82, 2.24) is 15.3 Å². The van der Waals surface area contributed by atoms with Gasteiger partial charge >= 0.3 is 0 Å². The SMILES string of the molecule is O=C(NCc1ccco1)C1CCCN(c2ncnc3ccccc23)C1. The number of hydrogen-bond acceptors (Lipinski definition) is 5. The van der Waals surface area contributed by atoms with E-state index in [4.69, 9.17) is 4.42 Å². The van der Waals surface area contributed by atoms with Crippen LogP contribution in [0, 0.1) is 5.92 Å². The molecule has 128 valence electrons. The van der Waals surface area contributed by atoms with E-state index in [1.54, 1.807) is 12.6 Å².